The fourth-order valence-corrected chi connectivity index (χ4v) is 1.53. The lowest BCUT2D eigenvalue weighted by atomic mass is 10.2. The van der Waals surface area contributed by atoms with Crippen LogP contribution in [0, 0.1) is 0 Å². The molecule has 0 amide bonds. The number of anilines is 3. The van der Waals surface area contributed by atoms with Gasteiger partial charge in [0.1, 0.15) is 0 Å². The van der Waals surface area contributed by atoms with Gasteiger partial charge in [-0.15, -0.1) is 5.11 Å². The van der Waals surface area contributed by atoms with E-state index in [2.05, 4.69) is 24.9 Å². The number of azo groups is 1. The predicted octanol–water partition coefficient (Wildman–Crippen LogP) is 1.43. The summed E-state index contributed by atoms with van der Waals surface area (Å²) in [5.41, 5.74) is 17.6. The van der Waals surface area contributed by atoms with Crippen LogP contribution in [0.4, 0.5) is 29.0 Å². The van der Waals surface area contributed by atoms with Gasteiger partial charge in [0.05, 0.1) is 18.4 Å². The van der Waals surface area contributed by atoms with Crippen molar-refractivity contribution < 1.29 is 9.53 Å². The molecule has 2 rings (SSSR count). The van der Waals surface area contributed by atoms with Crippen LogP contribution in [-0.2, 0) is 4.74 Å². The van der Waals surface area contributed by atoms with Crippen molar-refractivity contribution in [2.45, 2.75) is 0 Å². The first-order valence-electron chi connectivity index (χ1n) is 5.80. The predicted molar refractivity (Wildman–Crippen MR) is 77.2 cm³/mol. The molecule has 0 aliphatic carbocycles. The number of carbonyl (C=O) groups excluding carboxylic acids is 1. The summed E-state index contributed by atoms with van der Waals surface area (Å²) in [6.07, 6.45) is 0. The van der Waals surface area contributed by atoms with Crippen molar-refractivity contribution in [1.29, 1.82) is 0 Å². The monoisotopic (exact) mass is 287 g/mol. The Labute approximate surface area is 119 Å². The molecule has 2 aromatic rings. The minimum absolute atomic E-state index is 0.0212. The number of esters is 1. The first-order chi connectivity index (χ1) is 10.0. The number of nitrogen functional groups attached to an aromatic ring is 3. The maximum absolute atomic E-state index is 11.4. The summed E-state index contributed by atoms with van der Waals surface area (Å²) < 4.78 is 4.62. The second-order valence-electron chi connectivity index (χ2n) is 3.94. The zero-order chi connectivity index (χ0) is 15.4. The third-order valence-electron chi connectivity index (χ3n) is 2.49. The molecule has 0 bridgehead atoms. The highest BCUT2D eigenvalue weighted by Gasteiger charge is 2.09. The van der Waals surface area contributed by atoms with Gasteiger partial charge in [0.15, 0.2) is 17.3 Å². The Morgan fingerprint density at radius 2 is 1.81 bits per heavy atom. The van der Waals surface area contributed by atoms with Gasteiger partial charge in [-0.25, -0.2) is 4.79 Å². The Kier molecular flexibility index (Phi) is 3.93. The molecule has 0 radical (unpaired) electrons. The van der Waals surface area contributed by atoms with Crippen LogP contribution >= 0.6 is 0 Å². The van der Waals surface area contributed by atoms with Crippen molar-refractivity contribution in [3.05, 3.63) is 29.8 Å². The van der Waals surface area contributed by atoms with Gasteiger partial charge >= 0.3 is 5.97 Å². The zero-order valence-electron chi connectivity index (χ0n) is 11.1. The lowest BCUT2D eigenvalue weighted by Crippen LogP contribution is -2.03. The van der Waals surface area contributed by atoms with Gasteiger partial charge < -0.3 is 21.9 Å². The number of carbonyl (C=O) groups is 1. The van der Waals surface area contributed by atoms with Crippen LogP contribution in [0.1, 0.15) is 10.4 Å². The summed E-state index contributed by atoms with van der Waals surface area (Å²) >= 11 is 0. The molecule has 9 heteroatoms. The van der Waals surface area contributed by atoms with Crippen molar-refractivity contribution in [2.24, 2.45) is 10.2 Å². The number of benzene rings is 1. The van der Waals surface area contributed by atoms with Crippen molar-refractivity contribution in [2.75, 3.05) is 24.3 Å². The average Bonchev–Trinajstić information content (AvgIpc) is 2.45. The third-order valence-corrected chi connectivity index (χ3v) is 2.49. The quantitative estimate of drug-likeness (QED) is 0.569. The lowest BCUT2D eigenvalue weighted by molar-refractivity contribution is 0.0601. The molecule has 0 saturated carbocycles. The van der Waals surface area contributed by atoms with Crippen LogP contribution in [-0.4, -0.2) is 23.0 Å². The molecule has 108 valence electrons. The van der Waals surface area contributed by atoms with Crippen LogP contribution in [0.25, 0.3) is 0 Å². The number of aromatic nitrogens is 2. The van der Waals surface area contributed by atoms with Crippen molar-refractivity contribution >= 4 is 34.9 Å². The molecule has 21 heavy (non-hydrogen) atoms. The smallest absolute Gasteiger partial charge is 0.337 e. The Balaban J connectivity index is 2.32. The Hall–Kier alpha value is -3.23. The van der Waals surface area contributed by atoms with E-state index in [1.807, 2.05) is 0 Å². The van der Waals surface area contributed by atoms with Crippen molar-refractivity contribution in [3.8, 4) is 0 Å². The van der Waals surface area contributed by atoms with Gasteiger partial charge in [-0.1, -0.05) is 6.07 Å². The largest absolute Gasteiger partial charge is 0.465 e. The van der Waals surface area contributed by atoms with E-state index in [0.29, 0.717) is 11.3 Å². The van der Waals surface area contributed by atoms with Crippen molar-refractivity contribution in [1.82, 2.24) is 9.97 Å². The topological polar surface area (TPSA) is 155 Å². The molecular weight excluding hydrogens is 274 g/mol. The number of hydrogen-bond acceptors (Lipinski definition) is 9. The normalized spacial score (nSPS) is 10.7. The number of rotatable bonds is 3. The fourth-order valence-electron chi connectivity index (χ4n) is 1.53. The molecule has 0 aliphatic heterocycles. The number of nitrogens with zero attached hydrogens (tertiary/aromatic N) is 4. The SMILES string of the molecule is COC(=O)c1cccc(N=Nc2c(N)nc(N)nc2N)c1. The average molecular weight is 287 g/mol. The van der Waals surface area contributed by atoms with Gasteiger partial charge in [0.2, 0.25) is 5.95 Å². The maximum Gasteiger partial charge on any atom is 0.337 e. The lowest BCUT2D eigenvalue weighted by Gasteiger charge is -2.03. The van der Waals surface area contributed by atoms with Gasteiger partial charge in [-0.05, 0) is 18.2 Å². The van der Waals surface area contributed by atoms with Crippen LogP contribution in [0.3, 0.4) is 0 Å². The van der Waals surface area contributed by atoms with Crippen LogP contribution in [0.2, 0.25) is 0 Å². The highest BCUT2D eigenvalue weighted by atomic mass is 16.5. The first-order valence-corrected chi connectivity index (χ1v) is 5.80. The van der Waals surface area contributed by atoms with Gasteiger partial charge in [-0.3, -0.25) is 0 Å². The van der Waals surface area contributed by atoms with E-state index in [0.717, 1.165) is 0 Å². The number of nitrogens with two attached hydrogens (primary N) is 3. The summed E-state index contributed by atoms with van der Waals surface area (Å²) in [7, 11) is 1.30. The molecule has 6 N–H and O–H groups in total. The summed E-state index contributed by atoms with van der Waals surface area (Å²) in [5.74, 6) is -0.473. The standard InChI is InChI=1S/C12H13N7O2/c1-21-11(20)6-3-2-4-7(5-6)18-19-8-9(13)16-12(15)17-10(8)14/h2-5H,1H3,(H6,13,14,15,16,17). The van der Waals surface area contributed by atoms with Crippen LogP contribution in [0.5, 0.6) is 0 Å². The van der Waals surface area contributed by atoms with E-state index < -0.39 is 5.97 Å². The molecule has 1 heterocycles. The van der Waals surface area contributed by atoms with Crippen LogP contribution < -0.4 is 17.2 Å². The van der Waals surface area contributed by atoms with Gasteiger partial charge in [0.25, 0.3) is 0 Å². The Morgan fingerprint density at radius 3 is 2.43 bits per heavy atom. The van der Waals surface area contributed by atoms with Crippen molar-refractivity contribution in [3.63, 3.8) is 0 Å². The molecule has 0 saturated heterocycles. The Morgan fingerprint density at radius 1 is 1.14 bits per heavy atom. The second kappa shape index (κ2) is 5.82. The number of ether oxygens (including phenoxy) is 1. The van der Waals surface area contributed by atoms with Gasteiger partial charge in [-0.2, -0.15) is 15.1 Å². The van der Waals surface area contributed by atoms with E-state index in [9.17, 15) is 4.79 Å². The van der Waals surface area contributed by atoms with E-state index in [1.54, 1.807) is 18.2 Å². The summed E-state index contributed by atoms with van der Waals surface area (Å²) in [6, 6.07) is 6.41. The van der Waals surface area contributed by atoms with E-state index in [1.165, 1.54) is 13.2 Å². The molecule has 1 aromatic heterocycles. The molecule has 0 spiro atoms. The third kappa shape index (κ3) is 3.21. The summed E-state index contributed by atoms with van der Waals surface area (Å²) in [6.45, 7) is 0. The molecule has 1 aromatic carbocycles. The first kappa shape index (κ1) is 14.2. The molecular formula is C12H13N7O2. The van der Waals surface area contributed by atoms with E-state index >= 15 is 0 Å². The minimum Gasteiger partial charge on any atom is -0.465 e. The molecule has 0 unspecified atom stereocenters. The second-order valence-corrected chi connectivity index (χ2v) is 3.94. The summed E-state index contributed by atoms with van der Waals surface area (Å²) in [4.78, 5) is 18.9. The molecule has 0 atom stereocenters. The number of hydrogen-bond donors (Lipinski definition) is 3. The minimum atomic E-state index is -0.470. The number of methoxy groups -OCH3 is 1. The summed E-state index contributed by atoms with van der Waals surface area (Å²) in [5, 5.41) is 7.83. The molecule has 0 fully saturated rings. The van der Waals surface area contributed by atoms with E-state index in [4.69, 9.17) is 17.2 Å². The van der Waals surface area contributed by atoms with Crippen LogP contribution in [0.15, 0.2) is 34.5 Å². The fraction of sp³-hybridized carbons (Fsp3) is 0.0833. The Bertz CT molecular complexity index is 691. The molecule has 0 aliphatic rings. The zero-order valence-corrected chi connectivity index (χ0v) is 11.1. The van der Waals surface area contributed by atoms with E-state index in [-0.39, 0.29) is 23.3 Å². The highest BCUT2D eigenvalue weighted by Crippen LogP contribution is 2.28. The highest BCUT2D eigenvalue weighted by molar-refractivity contribution is 5.90. The molecule has 9 nitrogen and oxygen atoms in total. The maximum atomic E-state index is 11.4. The van der Waals surface area contributed by atoms with Gasteiger partial charge in [0, 0.05) is 0 Å².